The number of halogens is 1. The number of H-pyrrole nitrogens is 1. The van der Waals surface area contributed by atoms with E-state index in [2.05, 4.69) is 10.3 Å². The molecule has 2 heterocycles. The molecule has 0 bridgehead atoms. The Hall–Kier alpha value is -3.03. The van der Waals surface area contributed by atoms with Crippen molar-refractivity contribution in [3.63, 3.8) is 0 Å². The monoisotopic (exact) mass is 450 g/mol. The maximum Gasteiger partial charge on any atom is 0.278 e. The number of amides is 1. The summed E-state index contributed by atoms with van der Waals surface area (Å²) in [6, 6.07) is 17.1. The number of fused-ring (bicyclic) bond motifs is 1. The number of aromatic nitrogens is 3. The molecule has 2 N–H and O–H groups in total. The standard InChI is InChI=1S/C23H19ClN4O2S/c24-17-8-4-5-9-18(17)26-19(29)13-31-23-27-20-16(14-6-2-1-3-7-14)12-25-21(20)22(30)28(23)15-10-11-15/h1-9,12,15,25H,10-11,13H2,(H,26,29). The van der Waals surface area contributed by atoms with Crippen LogP contribution in [0.2, 0.25) is 5.02 Å². The van der Waals surface area contributed by atoms with Crippen LogP contribution in [-0.4, -0.2) is 26.2 Å². The molecule has 0 atom stereocenters. The highest BCUT2D eigenvalue weighted by atomic mass is 35.5. The zero-order valence-electron chi connectivity index (χ0n) is 16.5. The van der Waals surface area contributed by atoms with E-state index in [1.165, 1.54) is 11.8 Å². The van der Waals surface area contributed by atoms with Gasteiger partial charge in [-0.15, -0.1) is 0 Å². The minimum Gasteiger partial charge on any atom is -0.355 e. The van der Waals surface area contributed by atoms with Crippen molar-refractivity contribution in [1.29, 1.82) is 0 Å². The zero-order chi connectivity index (χ0) is 21.4. The highest BCUT2D eigenvalue weighted by Crippen LogP contribution is 2.37. The molecule has 2 aromatic heterocycles. The normalized spacial score (nSPS) is 13.5. The first-order chi connectivity index (χ1) is 15.1. The molecule has 1 saturated carbocycles. The quantitative estimate of drug-likeness (QED) is 0.316. The molecule has 0 spiro atoms. The second-order valence-corrected chi connectivity index (χ2v) is 8.76. The fourth-order valence-corrected chi connectivity index (χ4v) is 4.57. The van der Waals surface area contributed by atoms with Gasteiger partial charge in [-0.3, -0.25) is 14.2 Å². The van der Waals surface area contributed by atoms with Crippen molar-refractivity contribution in [3.8, 4) is 11.1 Å². The average molecular weight is 451 g/mol. The van der Waals surface area contributed by atoms with Gasteiger partial charge in [0, 0.05) is 17.8 Å². The predicted octanol–water partition coefficient (Wildman–Crippen LogP) is 5.11. The van der Waals surface area contributed by atoms with Crippen LogP contribution < -0.4 is 10.9 Å². The lowest BCUT2D eigenvalue weighted by Gasteiger charge is -2.12. The minimum absolute atomic E-state index is 0.0938. The van der Waals surface area contributed by atoms with Crippen molar-refractivity contribution in [1.82, 2.24) is 14.5 Å². The van der Waals surface area contributed by atoms with Crippen LogP contribution in [0, 0.1) is 0 Å². The topological polar surface area (TPSA) is 79.8 Å². The maximum atomic E-state index is 13.2. The summed E-state index contributed by atoms with van der Waals surface area (Å²) in [5.74, 6) is -0.0757. The Balaban J connectivity index is 1.47. The largest absolute Gasteiger partial charge is 0.355 e. The molecule has 1 fully saturated rings. The van der Waals surface area contributed by atoms with E-state index in [0.29, 0.717) is 26.9 Å². The van der Waals surface area contributed by atoms with E-state index in [4.69, 9.17) is 16.6 Å². The fraction of sp³-hybridized carbons (Fsp3) is 0.174. The number of carbonyl (C=O) groups excluding carboxylic acids is 1. The molecule has 31 heavy (non-hydrogen) atoms. The summed E-state index contributed by atoms with van der Waals surface area (Å²) >= 11 is 7.39. The van der Waals surface area contributed by atoms with E-state index >= 15 is 0 Å². The lowest BCUT2D eigenvalue weighted by molar-refractivity contribution is -0.113. The van der Waals surface area contributed by atoms with Gasteiger partial charge in [-0.05, 0) is 30.5 Å². The lowest BCUT2D eigenvalue weighted by Crippen LogP contribution is -2.23. The number of thioether (sulfide) groups is 1. The number of nitrogens with one attached hydrogen (secondary N) is 2. The Bertz CT molecular complexity index is 1330. The molecule has 6 nitrogen and oxygen atoms in total. The van der Waals surface area contributed by atoms with Gasteiger partial charge in [-0.2, -0.15) is 0 Å². The van der Waals surface area contributed by atoms with Gasteiger partial charge in [0.2, 0.25) is 5.91 Å². The molecule has 5 rings (SSSR count). The summed E-state index contributed by atoms with van der Waals surface area (Å²) in [6.07, 6.45) is 3.71. The van der Waals surface area contributed by atoms with Gasteiger partial charge in [-0.1, -0.05) is 65.8 Å². The molecule has 1 aliphatic carbocycles. The van der Waals surface area contributed by atoms with Crippen LogP contribution in [0.25, 0.3) is 22.2 Å². The predicted molar refractivity (Wildman–Crippen MR) is 125 cm³/mol. The molecule has 156 valence electrons. The number of carbonyl (C=O) groups is 1. The molecule has 0 unspecified atom stereocenters. The van der Waals surface area contributed by atoms with Crippen LogP contribution in [0.15, 0.2) is 70.7 Å². The van der Waals surface area contributed by atoms with Gasteiger partial charge >= 0.3 is 0 Å². The molecular formula is C23H19ClN4O2S. The molecule has 1 aliphatic rings. The van der Waals surface area contributed by atoms with Gasteiger partial charge in [0.25, 0.3) is 5.56 Å². The van der Waals surface area contributed by atoms with Crippen LogP contribution in [0.4, 0.5) is 5.69 Å². The van der Waals surface area contributed by atoms with E-state index in [1.54, 1.807) is 22.8 Å². The number of aromatic amines is 1. The summed E-state index contributed by atoms with van der Waals surface area (Å²) in [6.45, 7) is 0. The number of hydrogen-bond acceptors (Lipinski definition) is 4. The van der Waals surface area contributed by atoms with Gasteiger partial charge in [0.15, 0.2) is 5.16 Å². The van der Waals surface area contributed by atoms with Crippen molar-refractivity contribution in [3.05, 3.63) is 76.2 Å². The van der Waals surface area contributed by atoms with Crippen LogP contribution in [0.1, 0.15) is 18.9 Å². The third-order valence-electron chi connectivity index (χ3n) is 5.18. The Kier molecular flexibility index (Phi) is 5.29. The van der Waals surface area contributed by atoms with Crippen LogP contribution in [-0.2, 0) is 4.79 Å². The fourth-order valence-electron chi connectivity index (χ4n) is 3.52. The second kappa shape index (κ2) is 8.24. The van der Waals surface area contributed by atoms with E-state index in [1.807, 2.05) is 42.6 Å². The Morgan fingerprint density at radius 3 is 2.65 bits per heavy atom. The van der Waals surface area contributed by atoms with Crippen molar-refractivity contribution in [2.75, 3.05) is 11.1 Å². The molecule has 8 heteroatoms. The molecule has 2 aromatic carbocycles. The van der Waals surface area contributed by atoms with E-state index in [-0.39, 0.29) is 23.3 Å². The Morgan fingerprint density at radius 2 is 1.90 bits per heavy atom. The van der Waals surface area contributed by atoms with Gasteiger partial charge in [-0.25, -0.2) is 4.98 Å². The smallest absolute Gasteiger partial charge is 0.278 e. The first kappa shape index (κ1) is 19.9. The maximum absolute atomic E-state index is 13.2. The highest BCUT2D eigenvalue weighted by molar-refractivity contribution is 7.99. The number of nitrogens with zero attached hydrogens (tertiary/aromatic N) is 2. The number of hydrogen-bond donors (Lipinski definition) is 2. The third-order valence-corrected chi connectivity index (χ3v) is 6.46. The zero-order valence-corrected chi connectivity index (χ0v) is 18.0. The first-order valence-electron chi connectivity index (χ1n) is 9.98. The second-order valence-electron chi connectivity index (χ2n) is 7.41. The van der Waals surface area contributed by atoms with Crippen molar-refractivity contribution >= 4 is 46.0 Å². The lowest BCUT2D eigenvalue weighted by atomic mass is 10.1. The van der Waals surface area contributed by atoms with E-state index in [9.17, 15) is 9.59 Å². The first-order valence-corrected chi connectivity index (χ1v) is 11.3. The molecular weight excluding hydrogens is 432 g/mol. The molecule has 0 saturated heterocycles. The summed E-state index contributed by atoms with van der Waals surface area (Å²) in [7, 11) is 0. The molecule has 0 radical (unpaired) electrons. The summed E-state index contributed by atoms with van der Waals surface area (Å²) in [5.41, 5.74) is 3.45. The van der Waals surface area contributed by atoms with Crippen LogP contribution in [0.5, 0.6) is 0 Å². The number of anilines is 1. The Labute approximate surface area is 187 Å². The minimum atomic E-state index is -0.202. The van der Waals surface area contributed by atoms with Crippen LogP contribution >= 0.6 is 23.4 Å². The van der Waals surface area contributed by atoms with E-state index < -0.39 is 0 Å². The third kappa shape index (κ3) is 3.98. The van der Waals surface area contributed by atoms with Gasteiger partial charge in [0.1, 0.15) is 11.0 Å². The molecule has 4 aromatic rings. The Morgan fingerprint density at radius 1 is 1.16 bits per heavy atom. The number of para-hydroxylation sites is 1. The van der Waals surface area contributed by atoms with Crippen molar-refractivity contribution in [2.24, 2.45) is 0 Å². The number of benzene rings is 2. The van der Waals surface area contributed by atoms with Crippen molar-refractivity contribution < 1.29 is 4.79 Å². The molecule has 1 amide bonds. The molecule has 0 aliphatic heterocycles. The van der Waals surface area contributed by atoms with Gasteiger partial charge in [0.05, 0.1) is 16.5 Å². The number of rotatable bonds is 6. The van der Waals surface area contributed by atoms with E-state index in [0.717, 1.165) is 24.0 Å². The highest BCUT2D eigenvalue weighted by Gasteiger charge is 2.29. The summed E-state index contributed by atoms with van der Waals surface area (Å²) < 4.78 is 1.72. The SMILES string of the molecule is O=C(CSc1nc2c(-c3ccccc3)c[nH]c2c(=O)n1C1CC1)Nc1ccccc1Cl. The van der Waals surface area contributed by atoms with Crippen LogP contribution in [0.3, 0.4) is 0 Å². The summed E-state index contributed by atoms with van der Waals surface area (Å²) in [5, 5.41) is 3.86. The van der Waals surface area contributed by atoms with Crippen molar-refractivity contribution in [2.45, 2.75) is 24.0 Å². The average Bonchev–Trinajstić information content (AvgIpc) is 3.52. The van der Waals surface area contributed by atoms with Gasteiger partial charge < -0.3 is 10.3 Å². The summed E-state index contributed by atoms with van der Waals surface area (Å²) in [4.78, 5) is 33.7.